The molecular formula is C19H22N4O7. The third-order valence-electron chi connectivity index (χ3n) is 4.53. The summed E-state index contributed by atoms with van der Waals surface area (Å²) >= 11 is 0. The molecule has 11 heteroatoms. The summed E-state index contributed by atoms with van der Waals surface area (Å²) < 4.78 is 5.29. The minimum absolute atomic E-state index is 0.0452. The number of carbonyl (C=O) groups excluding carboxylic acids is 5. The van der Waals surface area contributed by atoms with Crippen LogP contribution in [-0.2, 0) is 14.4 Å². The lowest BCUT2D eigenvalue weighted by Gasteiger charge is -2.39. The van der Waals surface area contributed by atoms with E-state index < -0.39 is 41.6 Å². The van der Waals surface area contributed by atoms with Crippen molar-refractivity contribution >= 4 is 29.9 Å². The van der Waals surface area contributed by atoms with Crippen LogP contribution in [0.25, 0.3) is 0 Å². The summed E-state index contributed by atoms with van der Waals surface area (Å²) in [6.45, 7) is 4.86. The van der Waals surface area contributed by atoms with Gasteiger partial charge in [-0.05, 0) is 32.9 Å². The Labute approximate surface area is 172 Å². The Morgan fingerprint density at radius 3 is 2.10 bits per heavy atom. The van der Waals surface area contributed by atoms with Gasteiger partial charge in [0.25, 0.3) is 11.8 Å². The van der Waals surface area contributed by atoms with Crippen LogP contribution in [0.3, 0.4) is 0 Å². The number of nitrogens with two attached hydrogens (primary N) is 1. The van der Waals surface area contributed by atoms with E-state index >= 15 is 0 Å². The number of carbonyl (C=O) groups is 5. The molecular weight excluding hydrogens is 396 g/mol. The summed E-state index contributed by atoms with van der Waals surface area (Å²) in [5.41, 5.74) is 4.79. The predicted octanol–water partition coefficient (Wildman–Crippen LogP) is 0.741. The first-order valence-corrected chi connectivity index (χ1v) is 9.23. The second-order valence-corrected chi connectivity index (χ2v) is 7.83. The molecule has 2 heterocycles. The van der Waals surface area contributed by atoms with Gasteiger partial charge in [-0.2, -0.15) is 0 Å². The molecule has 1 unspecified atom stereocenters. The number of ether oxygens (including phenoxy) is 1. The van der Waals surface area contributed by atoms with Gasteiger partial charge in [0.2, 0.25) is 0 Å². The van der Waals surface area contributed by atoms with Crippen LogP contribution in [0.2, 0.25) is 0 Å². The topological polar surface area (TPSA) is 140 Å². The van der Waals surface area contributed by atoms with E-state index in [1.54, 1.807) is 32.9 Å². The summed E-state index contributed by atoms with van der Waals surface area (Å²) in [5, 5.41) is 0.346. The van der Waals surface area contributed by atoms with Crippen LogP contribution in [0.1, 0.15) is 41.5 Å². The average Bonchev–Trinajstić information content (AvgIpc) is 2.91. The third kappa shape index (κ3) is 4.04. The number of primary amides is 1. The molecule has 1 aromatic carbocycles. The highest BCUT2D eigenvalue weighted by atomic mass is 16.7. The Morgan fingerprint density at radius 1 is 1.03 bits per heavy atom. The summed E-state index contributed by atoms with van der Waals surface area (Å²) in [5.74, 6) is -2.67. The van der Waals surface area contributed by atoms with Crippen LogP contribution in [0.15, 0.2) is 24.3 Å². The molecule has 1 aromatic rings. The first kappa shape index (κ1) is 21.1. The molecule has 5 amide bonds. The monoisotopic (exact) mass is 418 g/mol. The number of imide groups is 1. The number of hydrogen-bond acceptors (Lipinski definition) is 7. The highest BCUT2D eigenvalue weighted by molar-refractivity contribution is 6.20. The number of hydroxylamine groups is 2. The Balaban J connectivity index is 1.76. The van der Waals surface area contributed by atoms with E-state index in [1.165, 1.54) is 17.0 Å². The van der Waals surface area contributed by atoms with Gasteiger partial charge in [-0.3, -0.25) is 9.59 Å². The van der Waals surface area contributed by atoms with Crippen molar-refractivity contribution in [1.82, 2.24) is 14.9 Å². The van der Waals surface area contributed by atoms with Crippen molar-refractivity contribution in [2.75, 3.05) is 19.6 Å². The maximum Gasteiger partial charge on any atom is 0.410 e. The molecule has 11 nitrogen and oxygen atoms in total. The van der Waals surface area contributed by atoms with Crippen molar-refractivity contribution in [2.24, 2.45) is 5.73 Å². The van der Waals surface area contributed by atoms with Gasteiger partial charge in [0.15, 0.2) is 6.04 Å². The zero-order valence-corrected chi connectivity index (χ0v) is 16.8. The number of fused-ring (bicyclic) bond motifs is 1. The molecule has 1 fully saturated rings. The number of hydrogen-bond donors (Lipinski definition) is 1. The first-order valence-electron chi connectivity index (χ1n) is 9.23. The number of urea groups is 1. The fourth-order valence-corrected chi connectivity index (χ4v) is 3.14. The molecule has 1 saturated heterocycles. The zero-order valence-electron chi connectivity index (χ0n) is 16.8. The van der Waals surface area contributed by atoms with Crippen LogP contribution in [-0.4, -0.2) is 76.0 Å². The van der Waals surface area contributed by atoms with Gasteiger partial charge in [-0.15, -0.1) is 0 Å². The van der Waals surface area contributed by atoms with Gasteiger partial charge < -0.3 is 25.1 Å². The van der Waals surface area contributed by atoms with E-state index in [0.717, 1.165) is 4.90 Å². The van der Waals surface area contributed by atoms with Crippen molar-refractivity contribution < 1.29 is 33.5 Å². The van der Waals surface area contributed by atoms with E-state index in [-0.39, 0.29) is 30.8 Å². The quantitative estimate of drug-likeness (QED) is 0.699. The van der Waals surface area contributed by atoms with Gasteiger partial charge in [0.05, 0.1) is 17.7 Å². The molecule has 0 bridgehead atoms. The van der Waals surface area contributed by atoms with Gasteiger partial charge >= 0.3 is 18.1 Å². The van der Waals surface area contributed by atoms with Crippen molar-refractivity contribution in [3.8, 4) is 0 Å². The largest absolute Gasteiger partial charge is 0.444 e. The minimum Gasteiger partial charge on any atom is -0.444 e. The van der Waals surface area contributed by atoms with E-state index in [4.69, 9.17) is 15.3 Å². The van der Waals surface area contributed by atoms with Gasteiger partial charge in [-0.1, -0.05) is 17.2 Å². The van der Waals surface area contributed by atoms with Crippen molar-refractivity contribution in [3.05, 3.63) is 35.4 Å². The molecule has 160 valence electrons. The minimum atomic E-state index is -1.31. The smallest absolute Gasteiger partial charge is 0.410 e. The van der Waals surface area contributed by atoms with Gasteiger partial charge in [-0.25, -0.2) is 14.4 Å². The molecule has 1 atom stereocenters. The lowest BCUT2D eigenvalue weighted by molar-refractivity contribution is -0.175. The molecule has 2 aliphatic heterocycles. The highest BCUT2D eigenvalue weighted by Gasteiger charge is 2.43. The van der Waals surface area contributed by atoms with Gasteiger partial charge in [0.1, 0.15) is 5.60 Å². The number of rotatable bonds is 2. The van der Waals surface area contributed by atoms with Crippen molar-refractivity contribution in [2.45, 2.75) is 32.4 Å². The summed E-state index contributed by atoms with van der Waals surface area (Å²) in [6.07, 6.45) is -0.676. The van der Waals surface area contributed by atoms with Crippen LogP contribution in [0.5, 0.6) is 0 Å². The zero-order chi connectivity index (χ0) is 22.2. The summed E-state index contributed by atoms with van der Waals surface area (Å²) in [6, 6.07) is 3.80. The third-order valence-corrected chi connectivity index (χ3v) is 4.53. The first-order chi connectivity index (χ1) is 14.0. The molecule has 2 aliphatic rings. The van der Waals surface area contributed by atoms with E-state index in [9.17, 15) is 24.0 Å². The standard InChI is InChI=1S/C19H22N4O7/c1-19(2,3)29-18(28)21-8-9-22(17(20)27)13(10-21)16(26)30-23-14(24)11-6-4-5-7-12(11)15(23)25/h4-7,13H,8-10H2,1-3H3,(H2,20,27). The second-order valence-electron chi connectivity index (χ2n) is 7.83. The van der Waals surface area contributed by atoms with E-state index in [1.807, 2.05) is 0 Å². The van der Waals surface area contributed by atoms with E-state index in [2.05, 4.69) is 0 Å². The number of benzene rings is 1. The van der Waals surface area contributed by atoms with Crippen LogP contribution < -0.4 is 5.73 Å². The maximum atomic E-state index is 12.8. The molecule has 2 N–H and O–H groups in total. The Bertz CT molecular complexity index is 889. The van der Waals surface area contributed by atoms with E-state index in [0.29, 0.717) is 5.06 Å². The fraction of sp³-hybridized carbons (Fsp3) is 0.421. The Kier molecular flexibility index (Phi) is 5.38. The molecule has 30 heavy (non-hydrogen) atoms. The maximum absolute atomic E-state index is 12.8. The van der Waals surface area contributed by atoms with Crippen molar-refractivity contribution in [1.29, 1.82) is 0 Å². The highest BCUT2D eigenvalue weighted by Crippen LogP contribution is 2.24. The van der Waals surface area contributed by atoms with Gasteiger partial charge in [0, 0.05) is 13.1 Å². The fourth-order valence-electron chi connectivity index (χ4n) is 3.14. The summed E-state index contributed by atoms with van der Waals surface area (Å²) in [7, 11) is 0. The normalized spacial score (nSPS) is 18.9. The van der Waals surface area contributed by atoms with Crippen LogP contribution in [0, 0.1) is 0 Å². The number of amides is 5. The lowest BCUT2D eigenvalue weighted by atomic mass is 10.1. The lowest BCUT2D eigenvalue weighted by Crippen LogP contribution is -2.61. The molecule has 0 saturated carbocycles. The molecule has 0 radical (unpaired) electrons. The molecule has 0 aliphatic carbocycles. The van der Waals surface area contributed by atoms with Crippen molar-refractivity contribution in [3.63, 3.8) is 0 Å². The number of nitrogens with zero attached hydrogens (tertiary/aromatic N) is 3. The Hall–Kier alpha value is -3.63. The second kappa shape index (κ2) is 7.65. The van der Waals surface area contributed by atoms with Crippen LogP contribution >= 0.6 is 0 Å². The number of piperazine rings is 1. The van der Waals surface area contributed by atoms with Crippen LogP contribution in [0.4, 0.5) is 9.59 Å². The molecule has 0 spiro atoms. The summed E-state index contributed by atoms with van der Waals surface area (Å²) in [4.78, 5) is 69.0. The molecule has 3 rings (SSSR count). The Morgan fingerprint density at radius 2 is 1.60 bits per heavy atom. The predicted molar refractivity (Wildman–Crippen MR) is 101 cm³/mol. The average molecular weight is 418 g/mol. The molecule has 0 aromatic heterocycles. The SMILES string of the molecule is CC(C)(C)OC(=O)N1CCN(C(N)=O)C(C(=O)ON2C(=O)c3ccccc3C2=O)C1.